The number of aromatic nitrogens is 2. The second-order valence-electron chi connectivity index (χ2n) is 5.47. The molecule has 1 aliphatic carbocycles. The van der Waals surface area contributed by atoms with Gasteiger partial charge >= 0.3 is 0 Å². The normalized spacial score (nSPS) is 21.5. The third kappa shape index (κ3) is 2.70. The van der Waals surface area contributed by atoms with Crippen LogP contribution < -0.4 is 10.1 Å². The highest BCUT2D eigenvalue weighted by molar-refractivity contribution is 5.30. The fourth-order valence-electron chi connectivity index (χ4n) is 2.76. The molecule has 2 aromatic rings. The van der Waals surface area contributed by atoms with Gasteiger partial charge in [0.05, 0.1) is 12.8 Å². The fourth-order valence-corrected chi connectivity index (χ4v) is 2.76. The molecule has 1 heterocycles. The molecule has 1 aromatic heterocycles. The molecule has 0 unspecified atom stereocenters. The predicted molar refractivity (Wildman–Crippen MR) is 78.8 cm³/mol. The summed E-state index contributed by atoms with van der Waals surface area (Å²) in [5, 5.41) is 7.78. The standard InChI is InChI=1S/C16H21N3O/c1-19-15(7-8-18-19)11-17-14-9-13(10-14)12-3-5-16(20-2)6-4-12/h3-8,13-14,17H,9-11H2,1-2H3. The molecule has 20 heavy (non-hydrogen) atoms. The molecule has 0 radical (unpaired) electrons. The molecule has 0 bridgehead atoms. The second-order valence-corrected chi connectivity index (χ2v) is 5.47. The van der Waals surface area contributed by atoms with Crippen LogP contribution in [0.15, 0.2) is 36.5 Å². The topological polar surface area (TPSA) is 39.1 Å². The van der Waals surface area contributed by atoms with Crippen LogP contribution in [0.4, 0.5) is 0 Å². The summed E-state index contributed by atoms with van der Waals surface area (Å²) in [5.74, 6) is 1.61. The lowest BCUT2D eigenvalue weighted by Gasteiger charge is -2.36. The van der Waals surface area contributed by atoms with Crippen LogP contribution in [0.3, 0.4) is 0 Å². The maximum absolute atomic E-state index is 5.19. The third-order valence-corrected chi connectivity index (χ3v) is 4.22. The molecule has 1 aliphatic rings. The largest absolute Gasteiger partial charge is 0.497 e. The van der Waals surface area contributed by atoms with E-state index in [2.05, 4.69) is 28.6 Å². The van der Waals surface area contributed by atoms with E-state index in [0.29, 0.717) is 12.0 Å². The molecule has 1 aromatic carbocycles. The van der Waals surface area contributed by atoms with Crippen LogP contribution in [0, 0.1) is 0 Å². The van der Waals surface area contributed by atoms with Gasteiger partial charge in [0.25, 0.3) is 0 Å². The smallest absolute Gasteiger partial charge is 0.118 e. The van der Waals surface area contributed by atoms with Gasteiger partial charge in [-0.05, 0) is 42.5 Å². The molecule has 0 saturated heterocycles. The lowest BCUT2D eigenvalue weighted by molar-refractivity contribution is 0.287. The predicted octanol–water partition coefficient (Wildman–Crippen LogP) is 2.46. The van der Waals surface area contributed by atoms with Gasteiger partial charge in [-0.25, -0.2) is 0 Å². The minimum atomic E-state index is 0.622. The van der Waals surface area contributed by atoms with Crippen molar-refractivity contribution in [2.75, 3.05) is 7.11 Å². The summed E-state index contributed by atoms with van der Waals surface area (Å²) in [7, 11) is 3.69. The van der Waals surface area contributed by atoms with Crippen LogP contribution in [0.5, 0.6) is 5.75 Å². The zero-order valence-electron chi connectivity index (χ0n) is 12.0. The quantitative estimate of drug-likeness (QED) is 0.908. The molecule has 106 valence electrons. The number of aryl methyl sites for hydroxylation is 1. The van der Waals surface area contributed by atoms with Crippen LogP contribution in [0.2, 0.25) is 0 Å². The van der Waals surface area contributed by atoms with Crippen molar-refractivity contribution in [3.05, 3.63) is 47.8 Å². The number of hydrogen-bond acceptors (Lipinski definition) is 3. The van der Waals surface area contributed by atoms with E-state index in [1.165, 1.54) is 24.1 Å². The zero-order valence-corrected chi connectivity index (χ0v) is 12.0. The van der Waals surface area contributed by atoms with E-state index in [4.69, 9.17) is 4.74 Å². The summed E-state index contributed by atoms with van der Waals surface area (Å²) in [6, 6.07) is 11.1. The number of rotatable bonds is 5. The Labute approximate surface area is 119 Å². The Kier molecular flexibility index (Phi) is 3.74. The average Bonchev–Trinajstić information content (AvgIpc) is 2.83. The Bertz CT molecular complexity index is 555. The molecule has 1 N–H and O–H groups in total. The number of nitrogens with one attached hydrogen (secondary N) is 1. The number of hydrogen-bond donors (Lipinski definition) is 1. The van der Waals surface area contributed by atoms with Crippen molar-refractivity contribution in [3.8, 4) is 5.75 Å². The Balaban J connectivity index is 1.47. The van der Waals surface area contributed by atoms with Gasteiger partial charge in [0.15, 0.2) is 0 Å². The maximum atomic E-state index is 5.19. The molecule has 1 fully saturated rings. The Morgan fingerprint density at radius 3 is 2.60 bits per heavy atom. The van der Waals surface area contributed by atoms with Crippen molar-refractivity contribution in [2.45, 2.75) is 31.3 Å². The van der Waals surface area contributed by atoms with Gasteiger partial charge in [-0.2, -0.15) is 5.10 Å². The van der Waals surface area contributed by atoms with Crippen LogP contribution in [0.1, 0.15) is 30.0 Å². The van der Waals surface area contributed by atoms with E-state index in [1.807, 2.05) is 30.1 Å². The van der Waals surface area contributed by atoms with E-state index in [0.717, 1.165) is 12.3 Å². The average molecular weight is 271 g/mol. The van der Waals surface area contributed by atoms with Crippen LogP contribution in [0.25, 0.3) is 0 Å². The molecule has 0 spiro atoms. The van der Waals surface area contributed by atoms with Crippen LogP contribution in [-0.4, -0.2) is 22.9 Å². The summed E-state index contributed by atoms with van der Waals surface area (Å²) in [6.07, 6.45) is 4.27. The first-order valence-electron chi connectivity index (χ1n) is 7.10. The number of ether oxygens (including phenoxy) is 1. The van der Waals surface area contributed by atoms with E-state index < -0.39 is 0 Å². The lowest BCUT2D eigenvalue weighted by Crippen LogP contribution is -2.39. The van der Waals surface area contributed by atoms with Crippen LogP contribution >= 0.6 is 0 Å². The second kappa shape index (κ2) is 5.67. The summed E-state index contributed by atoms with van der Waals surface area (Å²) in [4.78, 5) is 0. The first kappa shape index (κ1) is 13.2. The molecular formula is C16H21N3O. The Hall–Kier alpha value is -1.81. The van der Waals surface area contributed by atoms with E-state index in [9.17, 15) is 0 Å². The fraction of sp³-hybridized carbons (Fsp3) is 0.438. The number of nitrogens with zero attached hydrogens (tertiary/aromatic N) is 2. The van der Waals surface area contributed by atoms with Crippen molar-refractivity contribution in [1.29, 1.82) is 0 Å². The monoisotopic (exact) mass is 271 g/mol. The third-order valence-electron chi connectivity index (χ3n) is 4.22. The summed E-state index contributed by atoms with van der Waals surface area (Å²) in [5.41, 5.74) is 2.65. The molecule has 0 aliphatic heterocycles. The van der Waals surface area contributed by atoms with Gasteiger partial charge in [-0.1, -0.05) is 12.1 Å². The first-order valence-corrected chi connectivity index (χ1v) is 7.10. The Morgan fingerprint density at radius 1 is 1.25 bits per heavy atom. The van der Waals surface area contributed by atoms with Crippen molar-refractivity contribution in [1.82, 2.24) is 15.1 Å². The highest BCUT2D eigenvalue weighted by atomic mass is 16.5. The maximum Gasteiger partial charge on any atom is 0.118 e. The van der Waals surface area contributed by atoms with Gasteiger partial charge in [0.1, 0.15) is 5.75 Å². The van der Waals surface area contributed by atoms with Crippen LogP contribution in [-0.2, 0) is 13.6 Å². The Morgan fingerprint density at radius 2 is 2.00 bits per heavy atom. The SMILES string of the molecule is COc1ccc(C2CC(NCc3ccnn3C)C2)cc1. The van der Waals surface area contributed by atoms with E-state index >= 15 is 0 Å². The summed E-state index contributed by atoms with van der Waals surface area (Å²) >= 11 is 0. The van der Waals surface area contributed by atoms with Gasteiger partial charge in [0.2, 0.25) is 0 Å². The highest BCUT2D eigenvalue weighted by Gasteiger charge is 2.29. The zero-order chi connectivity index (χ0) is 13.9. The molecule has 4 nitrogen and oxygen atoms in total. The van der Waals surface area contributed by atoms with Crippen molar-refractivity contribution < 1.29 is 4.74 Å². The first-order chi connectivity index (χ1) is 9.76. The molecular weight excluding hydrogens is 250 g/mol. The van der Waals surface area contributed by atoms with E-state index in [1.54, 1.807) is 7.11 Å². The molecule has 4 heteroatoms. The van der Waals surface area contributed by atoms with Gasteiger partial charge in [-0.15, -0.1) is 0 Å². The lowest BCUT2D eigenvalue weighted by atomic mass is 9.76. The van der Waals surface area contributed by atoms with Crippen molar-refractivity contribution in [2.24, 2.45) is 7.05 Å². The van der Waals surface area contributed by atoms with Gasteiger partial charge in [-0.3, -0.25) is 4.68 Å². The number of methoxy groups -OCH3 is 1. The van der Waals surface area contributed by atoms with Gasteiger partial charge in [0, 0.05) is 25.8 Å². The van der Waals surface area contributed by atoms with Gasteiger partial charge < -0.3 is 10.1 Å². The molecule has 0 amide bonds. The molecule has 0 atom stereocenters. The summed E-state index contributed by atoms with van der Waals surface area (Å²) in [6.45, 7) is 0.899. The molecule has 3 rings (SSSR count). The summed E-state index contributed by atoms with van der Waals surface area (Å²) < 4.78 is 7.12. The minimum absolute atomic E-state index is 0.622. The van der Waals surface area contributed by atoms with E-state index in [-0.39, 0.29) is 0 Å². The van der Waals surface area contributed by atoms with Crippen molar-refractivity contribution in [3.63, 3.8) is 0 Å². The molecule has 1 saturated carbocycles. The minimum Gasteiger partial charge on any atom is -0.497 e. The van der Waals surface area contributed by atoms with Crippen molar-refractivity contribution >= 4 is 0 Å². The number of benzene rings is 1. The highest BCUT2D eigenvalue weighted by Crippen LogP contribution is 2.37.